The Hall–Kier alpha value is -0.623. The number of halogens is 2. The summed E-state index contributed by atoms with van der Waals surface area (Å²) in [6, 6.07) is 1.14. The number of hydrogen-bond acceptors (Lipinski definition) is 2. The minimum atomic E-state index is -1.07. The Morgan fingerprint density at radius 1 is 1.48 bits per heavy atom. The van der Waals surface area contributed by atoms with Gasteiger partial charge in [-0.1, -0.05) is 31.2 Å². The molecule has 0 atom stereocenters. The van der Waals surface area contributed by atoms with E-state index in [0.717, 1.165) is 27.3 Å². The van der Waals surface area contributed by atoms with Crippen LogP contribution in [0.5, 0.6) is 0 Å². The molecule has 0 saturated carbocycles. The molecule has 0 aliphatic rings. The first-order valence-electron chi connectivity index (χ1n) is 6.61. The Bertz CT molecular complexity index is 703. The summed E-state index contributed by atoms with van der Waals surface area (Å²) in [4.78, 5) is 7.74. The van der Waals surface area contributed by atoms with E-state index < -0.39 is 8.07 Å². The molecule has 0 N–H and O–H groups in total. The maximum atomic E-state index is 7.10. The largest absolute Gasteiger partial charge is 0.361 e. The van der Waals surface area contributed by atoms with Gasteiger partial charge in [-0.05, 0) is 28.6 Å². The highest BCUT2D eigenvalue weighted by Gasteiger charge is 2.15. The van der Waals surface area contributed by atoms with E-state index in [-0.39, 0.29) is 0 Å². The molecule has 21 heavy (non-hydrogen) atoms. The van der Waals surface area contributed by atoms with Crippen LogP contribution in [0.25, 0.3) is 15.9 Å². The second-order valence-electron chi connectivity index (χ2n) is 6.06. The second-order valence-corrected chi connectivity index (χ2v) is 13.2. The molecule has 0 saturated heterocycles. The maximum Gasteiger partial charge on any atom is 0.224 e. The molecule has 0 aromatic carbocycles. The smallest absolute Gasteiger partial charge is 0.224 e. The van der Waals surface area contributed by atoms with Gasteiger partial charge in [0.1, 0.15) is 12.4 Å². The first kappa shape index (κ1) is 16.7. The number of aromatic nitrogens is 2. The third kappa shape index (κ3) is 3.97. The molecule has 2 rings (SSSR count). The van der Waals surface area contributed by atoms with E-state index in [0.29, 0.717) is 17.4 Å². The summed E-state index contributed by atoms with van der Waals surface area (Å²) in [6.07, 6.45) is 3.48. The van der Waals surface area contributed by atoms with Gasteiger partial charge in [-0.3, -0.25) is 0 Å². The van der Waals surface area contributed by atoms with Crippen molar-refractivity contribution in [3.63, 3.8) is 0 Å². The predicted molar refractivity (Wildman–Crippen MR) is 97.8 cm³/mol. The van der Waals surface area contributed by atoms with Crippen LogP contribution >= 0.6 is 34.2 Å². The van der Waals surface area contributed by atoms with Gasteiger partial charge in [0.15, 0.2) is 0 Å². The Labute approximate surface area is 144 Å². The summed E-state index contributed by atoms with van der Waals surface area (Å²) in [5.74, 6) is 0. The molecule has 0 amide bonds. The van der Waals surface area contributed by atoms with E-state index in [1.54, 1.807) is 0 Å². The Balaban J connectivity index is 2.19. The SMILES string of the molecule is [C-]#[N+]c1cnc2c(c(I)cn2COCC[Si](C)(C)C)c1Cl. The van der Waals surface area contributed by atoms with E-state index >= 15 is 0 Å². The fourth-order valence-electron chi connectivity index (χ4n) is 1.88. The first-order chi connectivity index (χ1) is 9.83. The molecule has 0 unspecified atom stereocenters. The van der Waals surface area contributed by atoms with Crippen LogP contribution in [0.4, 0.5) is 5.69 Å². The van der Waals surface area contributed by atoms with E-state index in [1.165, 1.54) is 6.20 Å². The third-order valence-electron chi connectivity index (χ3n) is 3.10. The molecular formula is C14H17ClIN3OSi. The van der Waals surface area contributed by atoms with Crippen LogP contribution in [0.1, 0.15) is 0 Å². The number of hydrogen-bond donors (Lipinski definition) is 0. The zero-order valence-corrected chi connectivity index (χ0v) is 16.2. The molecule has 0 spiro atoms. The molecular weight excluding hydrogens is 417 g/mol. The van der Waals surface area contributed by atoms with Crippen molar-refractivity contribution < 1.29 is 4.74 Å². The quantitative estimate of drug-likeness (QED) is 0.282. The van der Waals surface area contributed by atoms with Gasteiger partial charge in [-0.2, -0.15) is 0 Å². The fourth-order valence-corrected chi connectivity index (χ4v) is 3.92. The molecule has 0 aliphatic heterocycles. The molecule has 7 heteroatoms. The Morgan fingerprint density at radius 2 is 2.19 bits per heavy atom. The summed E-state index contributed by atoms with van der Waals surface area (Å²) >= 11 is 8.49. The van der Waals surface area contributed by atoms with Crippen LogP contribution in [0, 0.1) is 10.1 Å². The van der Waals surface area contributed by atoms with E-state index in [2.05, 4.69) is 52.1 Å². The number of rotatable bonds is 5. The van der Waals surface area contributed by atoms with Crippen LogP contribution in [-0.2, 0) is 11.5 Å². The minimum Gasteiger partial charge on any atom is -0.361 e. The lowest BCUT2D eigenvalue weighted by Gasteiger charge is -2.15. The zero-order chi connectivity index (χ0) is 15.6. The first-order valence-corrected chi connectivity index (χ1v) is 11.8. The molecule has 112 valence electrons. The van der Waals surface area contributed by atoms with Crippen molar-refractivity contribution in [1.82, 2.24) is 9.55 Å². The molecule has 2 aromatic heterocycles. The van der Waals surface area contributed by atoms with Crippen molar-refractivity contribution in [3.05, 3.63) is 32.4 Å². The molecule has 0 bridgehead atoms. The van der Waals surface area contributed by atoms with Crippen LogP contribution in [-0.4, -0.2) is 24.2 Å². The van der Waals surface area contributed by atoms with Crippen molar-refractivity contribution >= 4 is 59.0 Å². The standard InChI is InChI=1S/C14H17ClIN3OSi/c1-17-11-7-18-14-12(13(11)15)10(16)8-19(14)9-20-5-6-21(2,3)4/h7-8H,5-6,9H2,2-4H3. The molecule has 0 fully saturated rings. The van der Waals surface area contributed by atoms with Gasteiger partial charge in [0.2, 0.25) is 5.69 Å². The Morgan fingerprint density at radius 3 is 2.81 bits per heavy atom. The van der Waals surface area contributed by atoms with Crippen LogP contribution < -0.4 is 0 Å². The summed E-state index contributed by atoms with van der Waals surface area (Å²) in [5.41, 5.74) is 1.16. The highest BCUT2D eigenvalue weighted by Crippen LogP contribution is 2.35. The summed E-state index contributed by atoms with van der Waals surface area (Å²) < 4.78 is 8.70. The van der Waals surface area contributed by atoms with E-state index in [1.807, 2.05) is 10.8 Å². The third-order valence-corrected chi connectivity index (χ3v) is 6.01. The van der Waals surface area contributed by atoms with E-state index in [9.17, 15) is 0 Å². The number of nitrogens with zero attached hydrogens (tertiary/aromatic N) is 3. The van der Waals surface area contributed by atoms with Gasteiger partial charge in [0.25, 0.3) is 0 Å². The highest BCUT2D eigenvalue weighted by atomic mass is 127. The maximum absolute atomic E-state index is 7.10. The normalized spacial score (nSPS) is 11.8. The van der Waals surface area contributed by atoms with Gasteiger partial charge in [0, 0.05) is 36.0 Å². The van der Waals surface area contributed by atoms with E-state index in [4.69, 9.17) is 22.9 Å². The summed E-state index contributed by atoms with van der Waals surface area (Å²) in [7, 11) is -1.07. The van der Waals surface area contributed by atoms with Gasteiger partial charge in [-0.15, -0.1) is 0 Å². The number of fused-ring (bicyclic) bond motifs is 1. The molecule has 2 aromatic rings. The van der Waals surface area contributed by atoms with Crippen LogP contribution in [0.2, 0.25) is 30.7 Å². The lowest BCUT2D eigenvalue weighted by molar-refractivity contribution is 0.0898. The van der Waals surface area contributed by atoms with Gasteiger partial charge < -0.3 is 9.30 Å². The lowest BCUT2D eigenvalue weighted by atomic mass is 10.3. The molecule has 0 aliphatic carbocycles. The van der Waals surface area contributed by atoms with Crippen molar-refractivity contribution in [1.29, 1.82) is 0 Å². The zero-order valence-electron chi connectivity index (χ0n) is 12.3. The number of pyridine rings is 1. The molecule has 0 radical (unpaired) electrons. The fraction of sp³-hybridized carbons (Fsp3) is 0.429. The molecule has 4 nitrogen and oxygen atoms in total. The highest BCUT2D eigenvalue weighted by molar-refractivity contribution is 14.1. The molecule has 2 heterocycles. The minimum absolute atomic E-state index is 0.388. The van der Waals surface area contributed by atoms with Gasteiger partial charge in [-0.25, -0.2) is 9.83 Å². The van der Waals surface area contributed by atoms with Crippen LogP contribution in [0.15, 0.2) is 12.4 Å². The summed E-state index contributed by atoms with van der Waals surface area (Å²) in [6.45, 7) is 15.3. The van der Waals surface area contributed by atoms with Crippen molar-refractivity contribution in [2.24, 2.45) is 0 Å². The monoisotopic (exact) mass is 433 g/mol. The average molecular weight is 434 g/mol. The number of ether oxygens (including phenoxy) is 1. The van der Waals surface area contributed by atoms with Gasteiger partial charge in [0.05, 0.1) is 11.6 Å². The van der Waals surface area contributed by atoms with Crippen molar-refractivity contribution in [3.8, 4) is 0 Å². The lowest BCUT2D eigenvalue weighted by Crippen LogP contribution is -2.22. The topological polar surface area (TPSA) is 31.4 Å². The van der Waals surface area contributed by atoms with Gasteiger partial charge >= 0.3 is 0 Å². The average Bonchev–Trinajstić information content (AvgIpc) is 2.72. The Kier molecular flexibility index (Phi) is 5.30. The van der Waals surface area contributed by atoms with Crippen molar-refractivity contribution in [2.75, 3.05) is 6.61 Å². The van der Waals surface area contributed by atoms with Crippen molar-refractivity contribution in [2.45, 2.75) is 32.4 Å². The summed E-state index contributed by atoms with van der Waals surface area (Å²) in [5, 5.41) is 1.31. The second kappa shape index (κ2) is 6.65. The van der Waals surface area contributed by atoms with Crippen LogP contribution in [0.3, 0.4) is 0 Å². The predicted octanol–water partition coefficient (Wildman–Crippen LogP) is 5.16.